The van der Waals surface area contributed by atoms with Crippen LogP contribution in [-0.2, 0) is 20.0 Å². The number of piperidine rings is 1. The zero-order valence-electron chi connectivity index (χ0n) is 15.4. The van der Waals surface area contributed by atoms with Gasteiger partial charge >= 0.3 is 0 Å². The minimum absolute atomic E-state index is 0.757. The lowest BCUT2D eigenvalue weighted by atomic mass is 9.94. The van der Waals surface area contributed by atoms with Crippen molar-refractivity contribution < 1.29 is 0 Å². The predicted molar refractivity (Wildman–Crippen MR) is 94.4 cm³/mol. The Kier molecular flexibility index (Phi) is 7.46. The molecule has 1 aromatic heterocycles. The zero-order valence-corrected chi connectivity index (χ0v) is 15.4. The average Bonchev–Trinajstić information content (AvgIpc) is 2.90. The maximum Gasteiger partial charge on any atom is 0.146 e. The summed E-state index contributed by atoms with van der Waals surface area (Å²) in [6.07, 6.45) is 3.58. The van der Waals surface area contributed by atoms with Gasteiger partial charge in [0.2, 0.25) is 0 Å². The van der Waals surface area contributed by atoms with Gasteiger partial charge in [0.25, 0.3) is 0 Å². The van der Waals surface area contributed by atoms with Crippen molar-refractivity contribution in [3.05, 3.63) is 11.6 Å². The van der Waals surface area contributed by atoms with E-state index in [-0.39, 0.29) is 0 Å². The van der Waals surface area contributed by atoms with Gasteiger partial charge in [-0.25, -0.2) is 0 Å². The highest BCUT2D eigenvalue weighted by Gasteiger charge is 2.18. The van der Waals surface area contributed by atoms with E-state index in [1.807, 2.05) is 0 Å². The molecule has 23 heavy (non-hydrogen) atoms. The molecule has 2 heterocycles. The SMILES string of the molecule is CCN(CC)CCN(C)Cc1nnc(CC2CCNCC2)n1C. The maximum atomic E-state index is 4.45. The lowest BCUT2D eigenvalue weighted by molar-refractivity contribution is 0.232. The van der Waals surface area contributed by atoms with Crippen LogP contribution >= 0.6 is 0 Å². The Morgan fingerprint density at radius 1 is 1.09 bits per heavy atom. The second kappa shape index (κ2) is 9.35. The number of hydrogen-bond acceptors (Lipinski definition) is 5. The van der Waals surface area contributed by atoms with Gasteiger partial charge in [-0.1, -0.05) is 13.8 Å². The van der Waals surface area contributed by atoms with Gasteiger partial charge in [0, 0.05) is 26.6 Å². The average molecular weight is 323 g/mol. The first-order valence-electron chi connectivity index (χ1n) is 9.12. The quantitative estimate of drug-likeness (QED) is 0.739. The minimum atomic E-state index is 0.757. The van der Waals surface area contributed by atoms with Crippen LogP contribution in [0, 0.1) is 5.92 Å². The third-order valence-corrected chi connectivity index (χ3v) is 5.09. The molecule has 0 saturated carbocycles. The van der Waals surface area contributed by atoms with Crippen LogP contribution in [0.4, 0.5) is 0 Å². The van der Waals surface area contributed by atoms with E-state index < -0.39 is 0 Å². The third-order valence-electron chi connectivity index (χ3n) is 5.09. The molecule has 0 amide bonds. The molecule has 0 aliphatic carbocycles. The second-order valence-electron chi connectivity index (χ2n) is 6.75. The number of nitrogens with one attached hydrogen (secondary N) is 1. The topological polar surface area (TPSA) is 49.2 Å². The first-order chi connectivity index (χ1) is 11.1. The molecule has 2 rings (SSSR count). The van der Waals surface area contributed by atoms with Crippen LogP contribution in [0.15, 0.2) is 0 Å². The maximum absolute atomic E-state index is 4.45. The Balaban J connectivity index is 1.83. The molecule has 132 valence electrons. The molecule has 1 aliphatic rings. The van der Waals surface area contributed by atoms with E-state index in [9.17, 15) is 0 Å². The summed E-state index contributed by atoms with van der Waals surface area (Å²) in [5.41, 5.74) is 0. The van der Waals surface area contributed by atoms with Gasteiger partial charge in [-0.15, -0.1) is 10.2 Å². The van der Waals surface area contributed by atoms with Crippen molar-refractivity contribution >= 4 is 0 Å². The summed E-state index contributed by atoms with van der Waals surface area (Å²) in [7, 11) is 4.29. The molecule has 0 atom stereocenters. The number of hydrogen-bond donors (Lipinski definition) is 1. The van der Waals surface area contributed by atoms with Crippen molar-refractivity contribution in [2.75, 3.05) is 46.3 Å². The van der Waals surface area contributed by atoms with Gasteiger partial charge in [0.1, 0.15) is 11.6 Å². The van der Waals surface area contributed by atoms with Crippen LogP contribution in [0.2, 0.25) is 0 Å². The highest BCUT2D eigenvalue weighted by Crippen LogP contribution is 2.17. The van der Waals surface area contributed by atoms with Gasteiger partial charge in [0.05, 0.1) is 6.54 Å². The summed E-state index contributed by atoms with van der Waals surface area (Å²) in [5, 5.41) is 12.3. The lowest BCUT2D eigenvalue weighted by Crippen LogP contribution is -2.33. The first-order valence-corrected chi connectivity index (χ1v) is 9.12. The number of nitrogens with zero attached hydrogens (tertiary/aromatic N) is 5. The van der Waals surface area contributed by atoms with Crippen LogP contribution in [0.3, 0.4) is 0 Å². The monoisotopic (exact) mass is 322 g/mol. The molecule has 1 aliphatic heterocycles. The molecule has 0 spiro atoms. The standard InChI is InChI=1S/C17H34N6/c1-5-23(6-2)12-11-21(3)14-17-20-19-16(22(17)4)13-15-7-9-18-10-8-15/h15,18H,5-14H2,1-4H3. The van der Waals surface area contributed by atoms with Gasteiger partial charge in [-0.3, -0.25) is 4.90 Å². The van der Waals surface area contributed by atoms with Crippen molar-refractivity contribution in [2.45, 2.75) is 39.7 Å². The van der Waals surface area contributed by atoms with Crippen LogP contribution in [0.1, 0.15) is 38.3 Å². The van der Waals surface area contributed by atoms with Crippen molar-refractivity contribution in [3.8, 4) is 0 Å². The molecule has 1 saturated heterocycles. The van der Waals surface area contributed by atoms with E-state index in [0.717, 1.165) is 69.8 Å². The predicted octanol–water partition coefficient (Wildman–Crippen LogP) is 1.13. The molecule has 1 N–H and O–H groups in total. The molecular formula is C17H34N6. The molecule has 1 fully saturated rings. The summed E-state index contributed by atoms with van der Waals surface area (Å²) in [4.78, 5) is 4.80. The Hall–Kier alpha value is -0.980. The first kappa shape index (κ1) is 18.4. The van der Waals surface area contributed by atoms with Gasteiger partial charge in [-0.05, 0) is 52.0 Å². The number of aromatic nitrogens is 3. The largest absolute Gasteiger partial charge is 0.317 e. The fourth-order valence-corrected chi connectivity index (χ4v) is 3.23. The molecule has 0 aromatic carbocycles. The zero-order chi connectivity index (χ0) is 16.7. The van der Waals surface area contributed by atoms with E-state index >= 15 is 0 Å². The summed E-state index contributed by atoms with van der Waals surface area (Å²) < 4.78 is 2.20. The summed E-state index contributed by atoms with van der Waals surface area (Å²) >= 11 is 0. The van der Waals surface area contributed by atoms with E-state index in [1.165, 1.54) is 12.8 Å². The Morgan fingerprint density at radius 3 is 2.39 bits per heavy atom. The molecular weight excluding hydrogens is 288 g/mol. The molecule has 0 radical (unpaired) electrons. The van der Waals surface area contributed by atoms with E-state index in [0.29, 0.717) is 0 Å². The summed E-state index contributed by atoms with van der Waals surface area (Å²) in [6.45, 7) is 12.0. The second-order valence-corrected chi connectivity index (χ2v) is 6.75. The smallest absolute Gasteiger partial charge is 0.146 e. The van der Waals surface area contributed by atoms with Crippen LogP contribution < -0.4 is 5.32 Å². The highest BCUT2D eigenvalue weighted by molar-refractivity contribution is 4.97. The van der Waals surface area contributed by atoms with Crippen molar-refractivity contribution in [2.24, 2.45) is 13.0 Å². The van der Waals surface area contributed by atoms with Crippen molar-refractivity contribution in [1.29, 1.82) is 0 Å². The molecule has 0 unspecified atom stereocenters. The highest BCUT2D eigenvalue weighted by atomic mass is 15.3. The fraction of sp³-hybridized carbons (Fsp3) is 0.882. The number of likely N-dealkylation sites (N-methyl/N-ethyl adjacent to an activating group) is 2. The normalized spacial score (nSPS) is 16.6. The molecule has 0 bridgehead atoms. The number of rotatable bonds is 9. The van der Waals surface area contributed by atoms with Crippen LogP contribution in [-0.4, -0.2) is 70.9 Å². The Morgan fingerprint density at radius 2 is 1.74 bits per heavy atom. The Bertz CT molecular complexity index is 448. The Labute approximate surface area is 141 Å². The van der Waals surface area contributed by atoms with E-state index in [1.54, 1.807) is 0 Å². The van der Waals surface area contributed by atoms with Crippen molar-refractivity contribution in [1.82, 2.24) is 29.9 Å². The van der Waals surface area contributed by atoms with E-state index in [2.05, 4.69) is 57.8 Å². The fourth-order valence-electron chi connectivity index (χ4n) is 3.23. The summed E-state index contributed by atoms with van der Waals surface area (Å²) in [6, 6.07) is 0. The van der Waals surface area contributed by atoms with Gasteiger partial charge < -0.3 is 14.8 Å². The summed E-state index contributed by atoms with van der Waals surface area (Å²) in [5.74, 6) is 2.98. The van der Waals surface area contributed by atoms with Gasteiger partial charge in [0.15, 0.2) is 0 Å². The molecule has 1 aromatic rings. The van der Waals surface area contributed by atoms with Crippen LogP contribution in [0.25, 0.3) is 0 Å². The van der Waals surface area contributed by atoms with Gasteiger partial charge in [-0.2, -0.15) is 0 Å². The minimum Gasteiger partial charge on any atom is -0.317 e. The van der Waals surface area contributed by atoms with Crippen LogP contribution in [0.5, 0.6) is 0 Å². The third kappa shape index (κ3) is 5.55. The molecule has 6 nitrogen and oxygen atoms in total. The lowest BCUT2D eigenvalue weighted by Gasteiger charge is -2.23. The van der Waals surface area contributed by atoms with Crippen molar-refractivity contribution in [3.63, 3.8) is 0 Å². The van der Waals surface area contributed by atoms with E-state index in [4.69, 9.17) is 0 Å². The molecule has 6 heteroatoms.